The van der Waals surface area contributed by atoms with Gasteiger partial charge < -0.3 is 43.4 Å². The van der Waals surface area contributed by atoms with Crippen molar-refractivity contribution in [2.24, 2.45) is 16.9 Å². The van der Waals surface area contributed by atoms with Gasteiger partial charge in [0.15, 0.2) is 0 Å². The van der Waals surface area contributed by atoms with Gasteiger partial charge in [0, 0.05) is 89.9 Å². The maximum absolute atomic E-state index is 12.7. The third-order valence-electron chi connectivity index (χ3n) is 6.42. The second-order valence-corrected chi connectivity index (χ2v) is 10.4. The molecule has 2 heterocycles. The summed E-state index contributed by atoms with van der Waals surface area (Å²) in [5, 5.41) is 27.2. The van der Waals surface area contributed by atoms with Gasteiger partial charge in [-0.15, -0.1) is 0 Å². The molecular formula is C25H46N10O2. The van der Waals surface area contributed by atoms with Gasteiger partial charge >= 0.3 is 0 Å². The lowest BCUT2D eigenvalue weighted by atomic mass is 9.90. The minimum atomic E-state index is -0.450. The normalized spacial score (nSPS) is 24.0. The molecule has 2 amide bonds. The van der Waals surface area contributed by atoms with Crippen LogP contribution >= 0.6 is 0 Å². The van der Waals surface area contributed by atoms with Gasteiger partial charge in [0.1, 0.15) is 11.5 Å². The van der Waals surface area contributed by atoms with E-state index in [0.717, 1.165) is 44.8 Å². The van der Waals surface area contributed by atoms with Crippen LogP contribution in [0.1, 0.15) is 44.4 Å². The Morgan fingerprint density at radius 1 is 0.973 bits per heavy atom. The SMILES string of the molecule is CC1(CN)CNCCNCC(C)(NC(=O)CCCC(=O)NCc2ccc(C(=N)N)nc2)CNCCNC1. The van der Waals surface area contributed by atoms with Crippen molar-refractivity contribution < 1.29 is 9.59 Å². The van der Waals surface area contributed by atoms with Gasteiger partial charge in [-0.05, 0) is 25.0 Å². The van der Waals surface area contributed by atoms with Crippen LogP contribution in [0, 0.1) is 10.8 Å². The number of pyridine rings is 1. The van der Waals surface area contributed by atoms with E-state index in [4.69, 9.17) is 16.9 Å². The van der Waals surface area contributed by atoms with Crippen LogP contribution in [0.3, 0.4) is 0 Å². The number of nitrogen functional groups attached to an aromatic ring is 1. The number of hydrogen-bond acceptors (Lipinski definition) is 9. The summed E-state index contributed by atoms with van der Waals surface area (Å²) in [5.74, 6) is -0.290. The molecule has 12 heteroatoms. The number of carbonyl (C=O) groups excluding carboxylic acids is 2. The van der Waals surface area contributed by atoms with Crippen molar-refractivity contribution in [3.8, 4) is 0 Å². The number of nitrogens with two attached hydrogens (primary N) is 2. The molecule has 0 atom stereocenters. The van der Waals surface area contributed by atoms with E-state index in [9.17, 15) is 9.59 Å². The van der Waals surface area contributed by atoms with E-state index in [1.165, 1.54) is 0 Å². The van der Waals surface area contributed by atoms with Crippen molar-refractivity contribution in [2.75, 3.05) is 58.9 Å². The Kier molecular flexibility index (Phi) is 12.9. The summed E-state index contributed by atoms with van der Waals surface area (Å²) >= 11 is 0. The van der Waals surface area contributed by atoms with Crippen molar-refractivity contribution in [3.05, 3.63) is 29.6 Å². The highest BCUT2D eigenvalue weighted by molar-refractivity contribution is 5.92. The van der Waals surface area contributed by atoms with Crippen molar-refractivity contribution in [2.45, 2.75) is 45.2 Å². The standard InChI is InChI=1S/C25H46N10O2/c1-24(14-26)15-29-8-10-31-17-25(2,18-32-11-9-30-16-24)35-22(37)5-3-4-21(36)34-13-19-6-7-20(23(27)28)33-12-19/h6-7,12,29-32H,3-5,8-11,13-18,26H2,1-2H3,(H3,27,28)(H,34,36)(H,35,37). The number of amidine groups is 1. The summed E-state index contributed by atoms with van der Waals surface area (Å²) in [5.41, 5.74) is 12.2. The van der Waals surface area contributed by atoms with Crippen LogP contribution in [-0.2, 0) is 16.1 Å². The fourth-order valence-electron chi connectivity index (χ4n) is 4.01. The topological polar surface area (TPSA) is 195 Å². The Morgan fingerprint density at radius 3 is 2.05 bits per heavy atom. The molecule has 1 aliphatic rings. The molecule has 0 aromatic carbocycles. The molecule has 0 unspecified atom stereocenters. The largest absolute Gasteiger partial charge is 0.382 e. The van der Waals surface area contributed by atoms with Gasteiger partial charge in [0.25, 0.3) is 0 Å². The molecule has 0 radical (unpaired) electrons. The summed E-state index contributed by atoms with van der Waals surface area (Å²) in [6, 6.07) is 3.42. The Hall–Kier alpha value is -2.64. The zero-order chi connectivity index (χ0) is 27.2. The first-order valence-corrected chi connectivity index (χ1v) is 13.0. The highest BCUT2D eigenvalue weighted by atomic mass is 16.2. The number of aromatic nitrogens is 1. The van der Waals surface area contributed by atoms with Gasteiger partial charge in [-0.25, -0.2) is 0 Å². The summed E-state index contributed by atoms with van der Waals surface area (Å²) in [6.07, 6.45) is 2.59. The van der Waals surface area contributed by atoms with Crippen LogP contribution < -0.4 is 43.4 Å². The average Bonchev–Trinajstić information content (AvgIpc) is 2.87. The smallest absolute Gasteiger partial charge is 0.220 e. The number of hydrogen-bond donors (Lipinski definition) is 9. The molecule has 1 saturated heterocycles. The van der Waals surface area contributed by atoms with E-state index in [0.29, 0.717) is 38.3 Å². The highest BCUT2D eigenvalue weighted by Gasteiger charge is 2.26. The first-order valence-electron chi connectivity index (χ1n) is 13.0. The van der Waals surface area contributed by atoms with Crippen molar-refractivity contribution in [1.82, 2.24) is 36.9 Å². The molecule has 0 bridgehead atoms. The average molecular weight is 519 g/mol. The second-order valence-electron chi connectivity index (χ2n) is 10.4. The zero-order valence-corrected chi connectivity index (χ0v) is 22.3. The van der Waals surface area contributed by atoms with Gasteiger partial charge in [0.05, 0.1) is 5.54 Å². The van der Waals surface area contributed by atoms with E-state index in [-0.39, 0.29) is 35.9 Å². The van der Waals surface area contributed by atoms with Gasteiger partial charge in [0.2, 0.25) is 11.8 Å². The minimum absolute atomic E-state index is 0.0165. The molecule has 0 spiro atoms. The Bertz CT molecular complexity index is 846. The molecule has 0 aliphatic carbocycles. The summed E-state index contributed by atoms with van der Waals surface area (Å²) in [4.78, 5) is 28.9. The summed E-state index contributed by atoms with van der Waals surface area (Å²) < 4.78 is 0. The molecule has 37 heavy (non-hydrogen) atoms. The Balaban J connectivity index is 1.72. The number of nitrogens with zero attached hydrogens (tertiary/aromatic N) is 1. The van der Waals surface area contributed by atoms with E-state index < -0.39 is 5.54 Å². The highest BCUT2D eigenvalue weighted by Crippen LogP contribution is 2.11. The van der Waals surface area contributed by atoms with Crippen LogP contribution in [0.2, 0.25) is 0 Å². The third-order valence-corrected chi connectivity index (χ3v) is 6.42. The van der Waals surface area contributed by atoms with Crippen LogP contribution in [0.15, 0.2) is 18.3 Å². The zero-order valence-electron chi connectivity index (χ0n) is 22.3. The van der Waals surface area contributed by atoms with Gasteiger partial charge in [-0.2, -0.15) is 0 Å². The van der Waals surface area contributed by atoms with Crippen LogP contribution in [-0.4, -0.2) is 87.1 Å². The van der Waals surface area contributed by atoms with E-state index >= 15 is 0 Å². The summed E-state index contributed by atoms with van der Waals surface area (Å²) in [7, 11) is 0. The first-order chi connectivity index (χ1) is 17.6. The third kappa shape index (κ3) is 12.0. The Morgan fingerprint density at radius 2 is 1.54 bits per heavy atom. The van der Waals surface area contributed by atoms with E-state index in [1.54, 1.807) is 18.3 Å². The predicted octanol–water partition coefficient (Wildman–Crippen LogP) is -1.64. The maximum Gasteiger partial charge on any atom is 0.220 e. The molecule has 1 fully saturated rings. The van der Waals surface area contributed by atoms with Gasteiger partial charge in [-0.3, -0.25) is 20.0 Å². The number of amides is 2. The Labute approximate surface area is 220 Å². The van der Waals surface area contributed by atoms with Crippen LogP contribution in [0.25, 0.3) is 0 Å². The van der Waals surface area contributed by atoms with E-state index in [1.807, 2.05) is 6.92 Å². The molecule has 1 aromatic heterocycles. The second kappa shape index (κ2) is 15.6. The molecule has 208 valence electrons. The predicted molar refractivity (Wildman–Crippen MR) is 146 cm³/mol. The fourth-order valence-corrected chi connectivity index (χ4v) is 4.01. The lowest BCUT2D eigenvalue weighted by Crippen LogP contribution is -2.59. The molecular weight excluding hydrogens is 472 g/mol. The molecule has 0 saturated carbocycles. The van der Waals surface area contributed by atoms with Crippen molar-refractivity contribution in [3.63, 3.8) is 0 Å². The van der Waals surface area contributed by atoms with Crippen molar-refractivity contribution >= 4 is 17.6 Å². The number of nitrogens with one attached hydrogen (secondary N) is 7. The molecule has 11 N–H and O–H groups in total. The van der Waals surface area contributed by atoms with E-state index in [2.05, 4.69) is 43.8 Å². The minimum Gasteiger partial charge on any atom is -0.382 e. The number of carbonyl (C=O) groups is 2. The fraction of sp³-hybridized carbons (Fsp3) is 0.680. The molecule has 2 rings (SSSR count). The maximum atomic E-state index is 12.7. The molecule has 1 aliphatic heterocycles. The lowest BCUT2D eigenvalue weighted by Gasteiger charge is -2.33. The van der Waals surface area contributed by atoms with Crippen molar-refractivity contribution in [1.29, 1.82) is 5.41 Å². The van der Waals surface area contributed by atoms with Crippen LogP contribution in [0.4, 0.5) is 0 Å². The van der Waals surface area contributed by atoms with Crippen LogP contribution in [0.5, 0.6) is 0 Å². The lowest BCUT2D eigenvalue weighted by molar-refractivity contribution is -0.123. The quantitative estimate of drug-likeness (QED) is 0.136. The monoisotopic (exact) mass is 518 g/mol. The number of rotatable bonds is 9. The van der Waals surface area contributed by atoms with Gasteiger partial charge in [-0.1, -0.05) is 13.0 Å². The first kappa shape index (κ1) is 30.6. The molecule has 1 aromatic rings. The molecule has 12 nitrogen and oxygen atoms in total. The summed E-state index contributed by atoms with van der Waals surface area (Å²) in [6.45, 7) is 11.3.